The molecule has 0 aliphatic heterocycles. The number of hydrogen-bond donors (Lipinski definition) is 1. The van der Waals surface area contributed by atoms with Crippen LogP contribution in [0.2, 0.25) is 0 Å². The molecule has 88 valence electrons. The zero-order valence-electron chi connectivity index (χ0n) is 9.72. The van der Waals surface area contributed by atoms with Crippen molar-refractivity contribution in [3.05, 3.63) is 12.2 Å². The fraction of sp³-hybridized carbons (Fsp3) is 0.667. The molecule has 14 heavy (non-hydrogen) atoms. The summed E-state index contributed by atoms with van der Waals surface area (Å²) in [5, 5.41) is 0. The third-order valence-electron chi connectivity index (χ3n) is 1.37. The van der Waals surface area contributed by atoms with E-state index in [-0.39, 0.29) is 17.9 Å². The third kappa shape index (κ3) is 30.1. The van der Waals surface area contributed by atoms with Gasteiger partial charge in [0.15, 0.2) is 0 Å². The largest absolute Gasteiger partial charge is 1.00 e. The highest BCUT2D eigenvalue weighted by atomic mass is 35.5. The Bertz CT molecular complexity index is 153. The van der Waals surface area contributed by atoms with E-state index in [9.17, 15) is 4.79 Å². The lowest BCUT2D eigenvalue weighted by Gasteiger charge is -2.20. The molecule has 0 heterocycles. The van der Waals surface area contributed by atoms with Crippen LogP contribution < -0.4 is 18.1 Å². The highest BCUT2D eigenvalue weighted by molar-refractivity contribution is 5.90. The molecule has 0 atom stereocenters. The SMILES string of the molecule is C=C(C)C(N)=O.CC[N+](C)(C)C.O.[Cl-]. The van der Waals surface area contributed by atoms with Crippen molar-refractivity contribution in [3.63, 3.8) is 0 Å². The first-order valence-electron chi connectivity index (χ1n) is 3.96. The van der Waals surface area contributed by atoms with Crippen molar-refractivity contribution in [3.8, 4) is 0 Å². The summed E-state index contributed by atoms with van der Waals surface area (Å²) in [5.74, 6) is -0.435. The summed E-state index contributed by atoms with van der Waals surface area (Å²) in [6.45, 7) is 8.24. The second-order valence-corrected chi connectivity index (χ2v) is 3.75. The Morgan fingerprint density at radius 2 is 1.50 bits per heavy atom. The van der Waals surface area contributed by atoms with Gasteiger partial charge in [-0.2, -0.15) is 0 Å². The average molecular weight is 227 g/mol. The predicted molar refractivity (Wildman–Crippen MR) is 56.2 cm³/mol. The number of halogens is 1. The van der Waals surface area contributed by atoms with Crippen molar-refractivity contribution in [2.45, 2.75) is 13.8 Å². The maximum Gasteiger partial charge on any atom is 0.243 e. The number of amides is 1. The van der Waals surface area contributed by atoms with Crippen molar-refractivity contribution in [1.82, 2.24) is 0 Å². The Labute approximate surface area is 93.1 Å². The van der Waals surface area contributed by atoms with Gasteiger partial charge in [0.2, 0.25) is 5.91 Å². The molecule has 5 heteroatoms. The Morgan fingerprint density at radius 1 is 1.36 bits per heavy atom. The summed E-state index contributed by atoms with van der Waals surface area (Å²) in [6.07, 6.45) is 0. The molecule has 0 spiro atoms. The van der Waals surface area contributed by atoms with Crippen LogP contribution in [0.25, 0.3) is 0 Å². The molecule has 4 N–H and O–H groups in total. The fourth-order valence-electron chi connectivity index (χ4n) is 0. The summed E-state index contributed by atoms with van der Waals surface area (Å²) < 4.78 is 1.07. The van der Waals surface area contributed by atoms with Crippen LogP contribution in [0.1, 0.15) is 13.8 Å². The number of carbonyl (C=O) groups excluding carboxylic acids is 1. The Morgan fingerprint density at radius 3 is 1.50 bits per heavy atom. The highest BCUT2D eigenvalue weighted by Crippen LogP contribution is 1.83. The molecule has 0 fully saturated rings. The van der Waals surface area contributed by atoms with Gasteiger partial charge < -0.3 is 28.1 Å². The van der Waals surface area contributed by atoms with E-state index in [2.05, 4.69) is 34.6 Å². The maximum absolute atomic E-state index is 9.82. The van der Waals surface area contributed by atoms with Crippen molar-refractivity contribution < 1.29 is 27.2 Å². The normalized spacial score (nSPS) is 8.36. The van der Waals surface area contributed by atoms with Crippen LogP contribution in [0.5, 0.6) is 0 Å². The summed E-state index contributed by atoms with van der Waals surface area (Å²) in [7, 11) is 6.54. The van der Waals surface area contributed by atoms with E-state index in [0.29, 0.717) is 5.57 Å². The molecule has 0 radical (unpaired) electrons. The second-order valence-electron chi connectivity index (χ2n) is 3.75. The summed E-state index contributed by atoms with van der Waals surface area (Å²) in [6, 6.07) is 0. The van der Waals surface area contributed by atoms with Gasteiger partial charge in [0, 0.05) is 5.57 Å². The number of hydrogen-bond acceptors (Lipinski definition) is 1. The third-order valence-corrected chi connectivity index (χ3v) is 1.37. The standard InChI is InChI=1S/C5H14N.C4H7NO.ClH.H2O/c1-5-6(2,3)4;1-3(2)4(5)6;;/h5H2,1-4H3;1H2,2H3,(H2,5,6);1H;1H2/q+1;;;/p-1. The van der Waals surface area contributed by atoms with Gasteiger partial charge in [0.25, 0.3) is 0 Å². The number of rotatable bonds is 2. The minimum absolute atomic E-state index is 0. The van der Waals surface area contributed by atoms with Crippen LogP contribution >= 0.6 is 0 Å². The van der Waals surface area contributed by atoms with E-state index in [1.807, 2.05) is 0 Å². The van der Waals surface area contributed by atoms with Gasteiger partial charge in [-0.3, -0.25) is 4.79 Å². The van der Waals surface area contributed by atoms with Gasteiger partial charge in [0.05, 0.1) is 27.7 Å². The van der Waals surface area contributed by atoms with E-state index in [1.54, 1.807) is 6.92 Å². The number of carbonyl (C=O) groups is 1. The number of primary amides is 1. The molecule has 0 saturated carbocycles. The molecule has 0 rings (SSSR count). The predicted octanol–water partition coefficient (Wildman–Crippen LogP) is -3.06. The molecule has 0 aromatic heterocycles. The van der Waals surface area contributed by atoms with Gasteiger partial charge in [-0.05, 0) is 13.8 Å². The van der Waals surface area contributed by atoms with Gasteiger partial charge >= 0.3 is 0 Å². The maximum atomic E-state index is 9.82. The van der Waals surface area contributed by atoms with Crippen molar-refractivity contribution in [1.29, 1.82) is 0 Å². The second kappa shape index (κ2) is 10.5. The molecule has 0 unspecified atom stereocenters. The molecule has 0 aliphatic rings. The average Bonchev–Trinajstić information content (AvgIpc) is 1.87. The fourth-order valence-corrected chi connectivity index (χ4v) is 0. The summed E-state index contributed by atoms with van der Waals surface area (Å²) in [4.78, 5) is 9.82. The van der Waals surface area contributed by atoms with Crippen molar-refractivity contribution in [2.24, 2.45) is 5.73 Å². The van der Waals surface area contributed by atoms with Crippen LogP contribution in [0.15, 0.2) is 12.2 Å². The van der Waals surface area contributed by atoms with Crippen molar-refractivity contribution in [2.75, 3.05) is 27.7 Å². The van der Waals surface area contributed by atoms with Crippen LogP contribution in [-0.2, 0) is 4.79 Å². The molecule has 0 aromatic carbocycles. The first-order valence-corrected chi connectivity index (χ1v) is 3.96. The zero-order chi connectivity index (χ0) is 10.4. The summed E-state index contributed by atoms with van der Waals surface area (Å²) >= 11 is 0. The first-order chi connectivity index (χ1) is 5.20. The lowest BCUT2D eigenvalue weighted by atomic mass is 10.3. The van der Waals surface area contributed by atoms with Crippen LogP contribution in [0.4, 0.5) is 0 Å². The number of quaternary nitrogens is 1. The van der Waals surface area contributed by atoms with E-state index in [0.717, 1.165) is 4.48 Å². The van der Waals surface area contributed by atoms with Crippen LogP contribution in [0, 0.1) is 0 Å². The molecule has 0 aliphatic carbocycles. The van der Waals surface area contributed by atoms with Crippen LogP contribution in [0.3, 0.4) is 0 Å². The minimum Gasteiger partial charge on any atom is -1.00 e. The monoisotopic (exact) mass is 226 g/mol. The zero-order valence-corrected chi connectivity index (χ0v) is 10.5. The minimum atomic E-state index is -0.435. The topological polar surface area (TPSA) is 74.6 Å². The lowest BCUT2D eigenvalue weighted by molar-refractivity contribution is -0.868. The quantitative estimate of drug-likeness (QED) is 0.394. The molecule has 4 nitrogen and oxygen atoms in total. The van der Waals surface area contributed by atoms with Gasteiger partial charge in [-0.1, -0.05) is 6.58 Å². The van der Waals surface area contributed by atoms with E-state index >= 15 is 0 Å². The molecule has 0 saturated heterocycles. The Balaban J connectivity index is -0.0000000625. The van der Waals surface area contributed by atoms with Crippen LogP contribution in [-0.4, -0.2) is 43.6 Å². The number of nitrogens with zero attached hydrogens (tertiary/aromatic N) is 1. The number of nitrogens with two attached hydrogens (primary N) is 1. The van der Waals surface area contributed by atoms with E-state index < -0.39 is 5.91 Å². The Hall–Kier alpha value is -0.580. The van der Waals surface area contributed by atoms with E-state index in [1.165, 1.54) is 6.54 Å². The van der Waals surface area contributed by atoms with Crippen molar-refractivity contribution >= 4 is 5.91 Å². The molecular formula is C9H23ClN2O2. The van der Waals surface area contributed by atoms with E-state index in [4.69, 9.17) is 5.73 Å². The molecule has 1 amide bonds. The summed E-state index contributed by atoms with van der Waals surface area (Å²) in [5.41, 5.74) is 5.09. The van der Waals surface area contributed by atoms with Gasteiger partial charge in [-0.15, -0.1) is 0 Å². The first kappa shape index (κ1) is 23.3. The lowest BCUT2D eigenvalue weighted by Crippen LogP contribution is -3.00. The Kier molecular flexibility index (Phi) is 17.5. The molecule has 0 bridgehead atoms. The smallest absolute Gasteiger partial charge is 0.243 e. The highest BCUT2D eigenvalue weighted by Gasteiger charge is 1.97. The van der Waals surface area contributed by atoms with Gasteiger partial charge in [0.1, 0.15) is 0 Å². The molecule has 0 aromatic rings. The molecular weight excluding hydrogens is 204 g/mol. The van der Waals surface area contributed by atoms with Gasteiger partial charge in [-0.25, -0.2) is 0 Å².